The van der Waals surface area contributed by atoms with Crippen LogP contribution in [0.3, 0.4) is 0 Å². The number of rotatable bonds is 5. The van der Waals surface area contributed by atoms with Gasteiger partial charge in [0.05, 0.1) is 10.9 Å². The zero-order valence-electron chi connectivity index (χ0n) is 16.1. The Morgan fingerprint density at radius 2 is 1.70 bits per heavy atom. The second kappa shape index (κ2) is 7.79. The Kier molecular flexibility index (Phi) is 5.63. The van der Waals surface area contributed by atoms with E-state index in [1.165, 1.54) is 0 Å². The van der Waals surface area contributed by atoms with Gasteiger partial charge in [0.25, 0.3) is 0 Å². The first kappa shape index (κ1) is 19.5. The van der Waals surface area contributed by atoms with E-state index >= 15 is 0 Å². The van der Waals surface area contributed by atoms with Crippen LogP contribution in [0.1, 0.15) is 31.9 Å². The molecule has 0 amide bonds. The van der Waals surface area contributed by atoms with Gasteiger partial charge in [0.15, 0.2) is 0 Å². The predicted molar refractivity (Wildman–Crippen MR) is 108 cm³/mol. The molecule has 3 rings (SSSR count). The molecule has 4 atom stereocenters. The van der Waals surface area contributed by atoms with Gasteiger partial charge in [0, 0.05) is 0 Å². The van der Waals surface area contributed by atoms with Crippen LogP contribution >= 0.6 is 0 Å². The molecule has 0 bridgehead atoms. The molecule has 1 heterocycles. The first-order chi connectivity index (χ1) is 12.8. The summed E-state index contributed by atoms with van der Waals surface area (Å²) >= 11 is 0. The third kappa shape index (κ3) is 4.93. The minimum absolute atomic E-state index is 0.248. The molecule has 2 unspecified atom stereocenters. The number of esters is 1. The molecule has 1 aliphatic rings. The molecule has 0 aromatic heterocycles. The molecule has 0 saturated carbocycles. The van der Waals surface area contributed by atoms with Gasteiger partial charge in [0.2, 0.25) is 0 Å². The number of aryl methyl sites for hydroxylation is 1. The number of hydrogen-bond acceptors (Lipinski definition) is 3. The van der Waals surface area contributed by atoms with Crippen LogP contribution in [0.4, 0.5) is 0 Å². The quantitative estimate of drug-likeness (QED) is 0.576. The Balaban J connectivity index is 1.81. The first-order valence-corrected chi connectivity index (χ1v) is 10.1. The largest absolute Gasteiger partial charge is 0.459 e. The summed E-state index contributed by atoms with van der Waals surface area (Å²) in [7, 11) is -1.42. The monoisotopic (exact) mass is 383 g/mol. The van der Waals surface area contributed by atoms with E-state index in [-0.39, 0.29) is 12.0 Å². The molecule has 1 aliphatic heterocycles. The van der Waals surface area contributed by atoms with E-state index in [2.05, 4.69) is 0 Å². The Morgan fingerprint density at radius 1 is 1.07 bits per heavy atom. The number of carbonyl (C=O) groups is 1. The number of nitrogens with zero attached hydrogens (tertiary/aromatic N) is 1. The molecule has 2 aromatic rings. The highest BCUT2D eigenvalue weighted by molar-refractivity contribution is 7.83. The fourth-order valence-electron chi connectivity index (χ4n) is 2.79. The van der Waals surface area contributed by atoms with E-state index in [0.29, 0.717) is 4.90 Å². The van der Waals surface area contributed by atoms with Crippen LogP contribution in [0.15, 0.2) is 65.6 Å². The molecular formula is C22H25NO3S. The number of benzene rings is 2. The van der Waals surface area contributed by atoms with Gasteiger partial charge in [0.1, 0.15) is 22.6 Å². The van der Waals surface area contributed by atoms with Crippen LogP contribution in [0.5, 0.6) is 0 Å². The molecule has 0 aliphatic carbocycles. The lowest BCUT2D eigenvalue weighted by Gasteiger charge is -2.19. The van der Waals surface area contributed by atoms with Gasteiger partial charge in [-0.15, -0.1) is 0 Å². The number of ether oxygens (including phenoxy) is 1. The average molecular weight is 384 g/mol. The van der Waals surface area contributed by atoms with Gasteiger partial charge < -0.3 is 4.74 Å². The molecule has 5 heteroatoms. The summed E-state index contributed by atoms with van der Waals surface area (Å²) in [5.74, 6) is -0.342. The Hall–Kier alpha value is -2.24. The fourth-order valence-corrected chi connectivity index (χ4v) is 4.17. The van der Waals surface area contributed by atoms with Crippen LogP contribution in [0, 0.1) is 6.92 Å². The van der Waals surface area contributed by atoms with Gasteiger partial charge in [-0.3, -0.25) is 4.79 Å². The second-order valence-corrected chi connectivity index (χ2v) is 9.05. The topological polar surface area (TPSA) is 46.4 Å². The Labute approximate surface area is 163 Å². The Bertz CT molecular complexity index is 853. The summed E-state index contributed by atoms with van der Waals surface area (Å²) in [4.78, 5) is 13.3. The zero-order chi connectivity index (χ0) is 19.6. The first-order valence-electron chi connectivity index (χ1n) is 8.99. The standard InChI is InChI=1S/C22H25NO3S/c1-16-10-13-18(14-11-16)27(25)23-19(15-12-17-8-6-5-7-9-17)20(23)21(24)26-22(2,3)4/h5-15,19-20H,1-4H3/b15-12+/t19-,20-,23?,27?/m0/s1. The second-order valence-electron chi connectivity index (χ2n) is 7.66. The number of hydrogen-bond donors (Lipinski definition) is 0. The SMILES string of the molecule is Cc1ccc(S(=O)N2[C@H](C(=O)OC(C)(C)C)[C@@H]2/C=C/c2ccccc2)cc1. The third-order valence-electron chi connectivity index (χ3n) is 4.15. The van der Waals surface area contributed by atoms with Crippen molar-refractivity contribution in [3.63, 3.8) is 0 Å². The molecule has 27 heavy (non-hydrogen) atoms. The van der Waals surface area contributed by atoms with Crippen molar-refractivity contribution in [3.8, 4) is 0 Å². The summed E-state index contributed by atoms with van der Waals surface area (Å²) in [5.41, 5.74) is 1.56. The predicted octanol–water partition coefficient (Wildman–Crippen LogP) is 4.13. The van der Waals surface area contributed by atoms with Crippen LogP contribution in [-0.2, 0) is 20.5 Å². The smallest absolute Gasteiger partial charge is 0.326 e. The van der Waals surface area contributed by atoms with Crippen molar-refractivity contribution in [1.29, 1.82) is 0 Å². The van der Waals surface area contributed by atoms with E-state index in [0.717, 1.165) is 11.1 Å². The van der Waals surface area contributed by atoms with Crippen LogP contribution in [0.2, 0.25) is 0 Å². The molecule has 0 N–H and O–H groups in total. The molecule has 0 spiro atoms. The van der Waals surface area contributed by atoms with E-state index in [1.807, 2.05) is 94.4 Å². The molecular weight excluding hydrogens is 358 g/mol. The molecule has 0 radical (unpaired) electrons. The van der Waals surface area contributed by atoms with Crippen LogP contribution < -0.4 is 0 Å². The minimum atomic E-state index is -1.42. The number of carbonyl (C=O) groups excluding carboxylic acids is 1. The highest BCUT2D eigenvalue weighted by Gasteiger charge is 2.56. The highest BCUT2D eigenvalue weighted by atomic mass is 32.2. The van der Waals surface area contributed by atoms with Crippen molar-refractivity contribution >= 4 is 23.0 Å². The van der Waals surface area contributed by atoms with Gasteiger partial charge in [-0.2, -0.15) is 4.31 Å². The van der Waals surface area contributed by atoms with Gasteiger partial charge in [-0.1, -0.05) is 60.2 Å². The summed E-state index contributed by atoms with van der Waals surface area (Å²) in [5, 5.41) is 0. The zero-order valence-corrected chi connectivity index (χ0v) is 16.9. The normalized spacial score (nSPS) is 23.2. The fraction of sp³-hybridized carbons (Fsp3) is 0.318. The average Bonchev–Trinajstić information content (AvgIpc) is 3.34. The lowest BCUT2D eigenvalue weighted by molar-refractivity contribution is -0.154. The maximum Gasteiger partial charge on any atom is 0.326 e. The van der Waals surface area contributed by atoms with E-state index in [1.54, 1.807) is 4.31 Å². The maximum atomic E-state index is 13.0. The van der Waals surface area contributed by atoms with Crippen molar-refractivity contribution in [2.75, 3.05) is 0 Å². The Morgan fingerprint density at radius 3 is 2.30 bits per heavy atom. The van der Waals surface area contributed by atoms with Gasteiger partial charge >= 0.3 is 5.97 Å². The van der Waals surface area contributed by atoms with Gasteiger partial charge in [-0.25, -0.2) is 4.21 Å². The third-order valence-corrected chi connectivity index (χ3v) is 5.68. The van der Waals surface area contributed by atoms with Crippen molar-refractivity contribution in [2.24, 2.45) is 0 Å². The lowest BCUT2D eigenvalue weighted by atomic mass is 10.1. The lowest BCUT2D eigenvalue weighted by Crippen LogP contribution is -2.28. The summed E-state index contributed by atoms with van der Waals surface area (Å²) in [6.45, 7) is 7.50. The molecule has 142 valence electrons. The van der Waals surface area contributed by atoms with Crippen molar-refractivity contribution in [3.05, 3.63) is 71.8 Å². The maximum absolute atomic E-state index is 13.0. The molecule has 1 fully saturated rings. The van der Waals surface area contributed by atoms with E-state index in [4.69, 9.17) is 4.74 Å². The molecule has 2 aromatic carbocycles. The van der Waals surface area contributed by atoms with Crippen molar-refractivity contribution in [2.45, 2.75) is 50.3 Å². The van der Waals surface area contributed by atoms with Crippen molar-refractivity contribution in [1.82, 2.24) is 4.31 Å². The minimum Gasteiger partial charge on any atom is -0.459 e. The summed E-state index contributed by atoms with van der Waals surface area (Å²) < 4.78 is 20.2. The van der Waals surface area contributed by atoms with E-state index < -0.39 is 22.6 Å². The van der Waals surface area contributed by atoms with E-state index in [9.17, 15) is 9.00 Å². The molecule has 1 saturated heterocycles. The summed E-state index contributed by atoms with van der Waals surface area (Å²) in [6.07, 6.45) is 3.88. The van der Waals surface area contributed by atoms with Crippen LogP contribution in [-0.4, -0.2) is 32.2 Å². The highest BCUT2D eigenvalue weighted by Crippen LogP contribution is 2.36. The summed E-state index contributed by atoms with van der Waals surface area (Å²) in [6, 6.07) is 16.6. The van der Waals surface area contributed by atoms with Crippen LogP contribution in [0.25, 0.3) is 6.08 Å². The molecule has 4 nitrogen and oxygen atoms in total. The van der Waals surface area contributed by atoms with Gasteiger partial charge in [-0.05, 0) is 45.4 Å². The van der Waals surface area contributed by atoms with Crippen molar-refractivity contribution < 1.29 is 13.7 Å².